The van der Waals surface area contributed by atoms with Gasteiger partial charge >= 0.3 is 109 Å². The van der Waals surface area contributed by atoms with Gasteiger partial charge in [-0.05, 0) is 44.2 Å². The van der Waals surface area contributed by atoms with Gasteiger partial charge in [0.25, 0.3) is 0 Å². The van der Waals surface area contributed by atoms with Crippen LogP contribution in [-0.4, -0.2) is 36.5 Å². The van der Waals surface area contributed by atoms with E-state index in [4.69, 9.17) is 24.1 Å². The van der Waals surface area contributed by atoms with Crippen molar-refractivity contribution in [1.29, 1.82) is 0 Å². The number of rotatable bonds is 6. The Labute approximate surface area is 254 Å². The molecule has 1 unspecified atom stereocenters. The van der Waals surface area contributed by atoms with Gasteiger partial charge in [0.05, 0.1) is 0 Å². The van der Waals surface area contributed by atoms with E-state index in [1.807, 2.05) is 16.7 Å². The fraction of sp³-hybridized carbons (Fsp3) is 0.412. The third-order valence-corrected chi connectivity index (χ3v) is 9.81. The Kier molecular flexibility index (Phi) is 10.9. The summed E-state index contributed by atoms with van der Waals surface area (Å²) in [5.41, 5.74) is 8.31. The van der Waals surface area contributed by atoms with Crippen LogP contribution >= 0.6 is 19.4 Å². The van der Waals surface area contributed by atoms with Gasteiger partial charge in [0, 0.05) is 11.2 Å². The predicted octanol–water partition coefficient (Wildman–Crippen LogP) is 8.52. The summed E-state index contributed by atoms with van der Waals surface area (Å²) in [4.78, 5) is 4.89. The van der Waals surface area contributed by atoms with Crippen LogP contribution in [0.4, 0.5) is 11.4 Å². The van der Waals surface area contributed by atoms with E-state index in [-0.39, 0.29) is 11.0 Å². The minimum atomic E-state index is -1.76. The molecule has 3 aromatic carbocycles. The van der Waals surface area contributed by atoms with Gasteiger partial charge in [0.1, 0.15) is 0 Å². The summed E-state index contributed by atoms with van der Waals surface area (Å²) in [5.74, 6) is 0. The molecule has 218 valence electrons. The molecule has 0 bridgehead atoms. The van der Waals surface area contributed by atoms with Crippen LogP contribution in [0.1, 0.15) is 63.3 Å². The number of hydrogen-bond donors (Lipinski definition) is 0. The van der Waals surface area contributed by atoms with Crippen molar-refractivity contribution in [3.63, 3.8) is 0 Å². The minimum absolute atomic E-state index is 0.0800. The Morgan fingerprint density at radius 2 is 1.45 bits per heavy atom. The molecule has 2 fully saturated rings. The van der Waals surface area contributed by atoms with Gasteiger partial charge in [0.2, 0.25) is 0 Å². The molecule has 2 saturated heterocycles. The zero-order chi connectivity index (χ0) is 28.8. The van der Waals surface area contributed by atoms with Gasteiger partial charge < -0.3 is 4.90 Å². The van der Waals surface area contributed by atoms with Crippen LogP contribution in [0.15, 0.2) is 72.8 Å². The number of halogens is 2. The number of morpholine rings is 1. The van der Waals surface area contributed by atoms with Gasteiger partial charge in [-0.15, -0.1) is 5.41 Å². The Balaban J connectivity index is 0.000000201. The van der Waals surface area contributed by atoms with E-state index in [0.717, 1.165) is 51.1 Å². The monoisotopic (exact) mass is 667 g/mol. The maximum atomic E-state index is 5.93. The molecule has 2 aliphatic rings. The zero-order valence-corrected chi connectivity index (χ0v) is 27.7. The second kappa shape index (κ2) is 14.0. The topological polar surface area (TPSA) is 15.7 Å². The van der Waals surface area contributed by atoms with E-state index >= 15 is 0 Å². The van der Waals surface area contributed by atoms with Gasteiger partial charge in [-0.3, -0.25) is 0 Å². The van der Waals surface area contributed by atoms with Crippen molar-refractivity contribution < 1.29 is 18.3 Å². The molecule has 3 aromatic rings. The van der Waals surface area contributed by atoms with Crippen LogP contribution in [-0.2, 0) is 36.5 Å². The third kappa shape index (κ3) is 7.38. The van der Waals surface area contributed by atoms with Crippen molar-refractivity contribution in [3.05, 3.63) is 102 Å². The zero-order valence-electron chi connectivity index (χ0n) is 24.4. The predicted molar refractivity (Wildman–Crippen MR) is 171 cm³/mol. The normalized spacial score (nSPS) is 20.5. The second-order valence-electron chi connectivity index (χ2n) is 11.4. The van der Waals surface area contributed by atoms with Crippen molar-refractivity contribution >= 4 is 35.4 Å². The molecule has 1 atom stereocenters. The molecule has 5 rings (SSSR count). The van der Waals surface area contributed by atoms with Crippen molar-refractivity contribution in [3.8, 4) is 0 Å². The first-order valence-corrected chi connectivity index (χ1v) is 19.7. The number of benzene rings is 3. The summed E-state index contributed by atoms with van der Waals surface area (Å²) in [7, 11) is 11.9. The average Bonchev–Trinajstić information content (AvgIpc) is 3.22. The Morgan fingerprint density at radius 3 is 2.05 bits per heavy atom. The van der Waals surface area contributed by atoms with E-state index in [1.54, 1.807) is 0 Å². The first kappa shape index (κ1) is 31.2. The molecule has 0 aliphatic carbocycles. The van der Waals surface area contributed by atoms with Gasteiger partial charge in [-0.2, -0.15) is 0 Å². The van der Waals surface area contributed by atoms with Gasteiger partial charge in [0.15, 0.2) is 0 Å². The Morgan fingerprint density at radius 1 is 0.850 bits per heavy atom. The van der Waals surface area contributed by atoms with E-state index in [9.17, 15) is 0 Å². The maximum absolute atomic E-state index is 5.93. The van der Waals surface area contributed by atoms with Crippen molar-refractivity contribution in [1.82, 2.24) is 0 Å². The molecule has 6 heteroatoms. The quantitative estimate of drug-likeness (QED) is 0.194. The summed E-state index contributed by atoms with van der Waals surface area (Å²) in [5, 5.41) is 0. The number of nitrogens with zero attached hydrogens (tertiary/aromatic N) is 2. The molecule has 3 nitrogen and oxygen atoms in total. The van der Waals surface area contributed by atoms with E-state index < -0.39 is 13.5 Å². The van der Waals surface area contributed by atoms with Gasteiger partial charge in [-0.25, -0.2) is 6.54 Å². The summed E-state index contributed by atoms with van der Waals surface area (Å²) in [6.07, 6.45) is 3.28. The molecule has 2 heterocycles. The Hall–Kier alpha value is -1.71. The Bertz CT molecular complexity index is 1260. The molecule has 0 radical (unpaired) electrons. The van der Waals surface area contributed by atoms with Crippen LogP contribution in [0.2, 0.25) is 0 Å². The SMILES string of the molecule is CCc1cccc(CC)c1N1[CH-]C(C)(c2ccccc2)CC1(C)C.[Cl][Ru]([Cl])=[CH]c1ccccc1N1CCOCC1. The summed E-state index contributed by atoms with van der Waals surface area (Å²) < 4.78 is 7.35. The van der Waals surface area contributed by atoms with Crippen molar-refractivity contribution in [2.45, 2.75) is 64.8 Å². The summed E-state index contributed by atoms with van der Waals surface area (Å²) in [6, 6.07) is 26.0. The summed E-state index contributed by atoms with van der Waals surface area (Å²) >= 11 is -1.76. The number of aryl methyl sites for hydroxylation is 2. The molecule has 2 aliphatic heterocycles. The molecule has 40 heavy (non-hydrogen) atoms. The van der Waals surface area contributed by atoms with Crippen molar-refractivity contribution in [2.24, 2.45) is 0 Å². The molecular formula is C34H43Cl2N2ORu-. The fourth-order valence-electron chi connectivity index (χ4n) is 6.13. The van der Waals surface area contributed by atoms with E-state index in [1.165, 1.54) is 28.1 Å². The van der Waals surface area contributed by atoms with Gasteiger partial charge in [-0.1, -0.05) is 74.9 Å². The molecular weight excluding hydrogens is 624 g/mol. The van der Waals surface area contributed by atoms with Crippen LogP contribution in [0.25, 0.3) is 0 Å². The number of hydrogen-bond acceptors (Lipinski definition) is 3. The number of anilines is 2. The fourth-order valence-corrected chi connectivity index (χ4v) is 7.94. The van der Waals surface area contributed by atoms with Crippen LogP contribution in [0, 0.1) is 6.54 Å². The third-order valence-electron chi connectivity index (χ3n) is 7.98. The molecule has 0 amide bonds. The second-order valence-corrected chi connectivity index (χ2v) is 17.1. The average molecular weight is 668 g/mol. The standard InChI is InChI=1S/C23H30N.C11H13NO.2ClH.Ru/c1-6-18-12-11-13-19(7-2)21(18)24-17-23(5,16-22(24,3)4)20-14-9-8-10-15-20;1-10-4-2-3-5-11(10)12-6-8-13-9-7-12;;;/h8-15,17H,6-7,16H2,1-5H3;1-5H,6-9H2;2*1H;/q-1;;;;+2/p-2. The summed E-state index contributed by atoms with van der Waals surface area (Å²) in [6.45, 7) is 17.6. The molecule has 0 aromatic heterocycles. The number of ether oxygens (including phenoxy) is 1. The first-order valence-electron chi connectivity index (χ1n) is 14.2. The molecule has 0 N–H and O–H groups in total. The van der Waals surface area contributed by atoms with E-state index in [2.05, 4.69) is 112 Å². The molecule has 0 spiro atoms. The molecule has 0 saturated carbocycles. The van der Waals surface area contributed by atoms with Crippen LogP contribution in [0.3, 0.4) is 0 Å². The van der Waals surface area contributed by atoms with Crippen LogP contribution in [0.5, 0.6) is 0 Å². The number of para-hydroxylation sites is 2. The van der Waals surface area contributed by atoms with E-state index in [0.29, 0.717) is 0 Å². The first-order chi connectivity index (χ1) is 19.2. The van der Waals surface area contributed by atoms with Crippen molar-refractivity contribution in [2.75, 3.05) is 36.1 Å². The van der Waals surface area contributed by atoms with Crippen LogP contribution < -0.4 is 9.80 Å².